The molecule has 0 bridgehead atoms. The van der Waals surface area contributed by atoms with Gasteiger partial charge in [-0.25, -0.2) is 4.79 Å². The molecule has 1 aromatic rings. The van der Waals surface area contributed by atoms with Gasteiger partial charge in [0.15, 0.2) is 0 Å². The van der Waals surface area contributed by atoms with Gasteiger partial charge in [0.25, 0.3) is 0 Å². The Balaban J connectivity index is 2.70. The number of aliphatic hydroxyl groups is 1. The topological polar surface area (TPSA) is 62.9 Å². The second kappa shape index (κ2) is 5.33. The van der Waals surface area contributed by atoms with Gasteiger partial charge < -0.3 is 14.3 Å². The van der Waals surface area contributed by atoms with E-state index in [1.807, 2.05) is 25.8 Å². The summed E-state index contributed by atoms with van der Waals surface area (Å²) in [5.74, 6) is 0.368. The Bertz CT molecular complexity index is 384. The van der Waals surface area contributed by atoms with Crippen LogP contribution in [-0.2, 0) is 11.3 Å². The molecule has 0 aliphatic rings. The minimum absolute atomic E-state index is 0.0497. The lowest BCUT2D eigenvalue weighted by Gasteiger charge is -2.33. The van der Waals surface area contributed by atoms with Gasteiger partial charge in [0.05, 0.1) is 20.3 Å². The molecular formula is C12H19NO4. The number of nitrogens with zero attached hydrogens (tertiary/aromatic N) is 1. The molecule has 1 aromatic heterocycles. The highest BCUT2D eigenvalue weighted by Gasteiger charge is 2.23. The van der Waals surface area contributed by atoms with Gasteiger partial charge in [-0.2, -0.15) is 0 Å². The molecular weight excluding hydrogens is 222 g/mol. The van der Waals surface area contributed by atoms with Gasteiger partial charge in [0, 0.05) is 5.54 Å². The zero-order valence-electron chi connectivity index (χ0n) is 10.7. The van der Waals surface area contributed by atoms with Crippen molar-refractivity contribution in [3.63, 3.8) is 0 Å². The van der Waals surface area contributed by atoms with Gasteiger partial charge >= 0.3 is 5.97 Å². The van der Waals surface area contributed by atoms with Crippen molar-refractivity contribution < 1.29 is 19.1 Å². The van der Waals surface area contributed by atoms with Crippen LogP contribution in [0.5, 0.6) is 0 Å². The molecule has 0 radical (unpaired) electrons. The van der Waals surface area contributed by atoms with E-state index in [1.165, 1.54) is 7.11 Å². The molecule has 0 aliphatic heterocycles. The van der Waals surface area contributed by atoms with E-state index >= 15 is 0 Å². The van der Waals surface area contributed by atoms with Gasteiger partial charge in [-0.3, -0.25) is 4.90 Å². The van der Waals surface area contributed by atoms with Gasteiger partial charge in [-0.15, -0.1) is 0 Å². The van der Waals surface area contributed by atoms with Crippen molar-refractivity contribution in [2.45, 2.75) is 25.9 Å². The van der Waals surface area contributed by atoms with Crippen molar-refractivity contribution in [1.29, 1.82) is 0 Å². The van der Waals surface area contributed by atoms with E-state index in [9.17, 15) is 9.90 Å². The molecule has 1 N–H and O–H groups in total. The maximum absolute atomic E-state index is 11.2. The summed E-state index contributed by atoms with van der Waals surface area (Å²) in [6.07, 6.45) is 0. The van der Waals surface area contributed by atoms with E-state index in [4.69, 9.17) is 4.42 Å². The zero-order valence-corrected chi connectivity index (χ0v) is 10.7. The van der Waals surface area contributed by atoms with E-state index < -0.39 is 5.97 Å². The van der Waals surface area contributed by atoms with E-state index in [-0.39, 0.29) is 17.9 Å². The molecule has 96 valence electrons. The average molecular weight is 241 g/mol. The van der Waals surface area contributed by atoms with Crippen LogP contribution in [0.25, 0.3) is 0 Å². The van der Waals surface area contributed by atoms with Crippen LogP contribution in [0.2, 0.25) is 0 Å². The monoisotopic (exact) mass is 241 g/mol. The minimum Gasteiger partial charge on any atom is -0.463 e. The number of carbonyl (C=O) groups excluding carboxylic acids is 1. The standard InChI is InChI=1S/C12H19NO4/c1-12(2,8-14)13(3)7-9-5-6-10(17-9)11(15)16-4/h5-6,14H,7-8H2,1-4H3. The molecule has 0 spiro atoms. The number of rotatable bonds is 5. The van der Waals surface area contributed by atoms with Crippen molar-refractivity contribution in [3.8, 4) is 0 Å². The van der Waals surface area contributed by atoms with Crippen LogP contribution in [0.4, 0.5) is 0 Å². The fourth-order valence-electron chi connectivity index (χ4n) is 1.24. The molecule has 0 aromatic carbocycles. The molecule has 1 heterocycles. The van der Waals surface area contributed by atoms with Crippen molar-refractivity contribution in [3.05, 3.63) is 23.7 Å². The summed E-state index contributed by atoms with van der Waals surface area (Å²) < 4.78 is 9.91. The highest BCUT2D eigenvalue weighted by Crippen LogP contribution is 2.17. The summed E-state index contributed by atoms with van der Waals surface area (Å²) in [6, 6.07) is 3.32. The Kier molecular flexibility index (Phi) is 4.31. The molecule has 5 nitrogen and oxygen atoms in total. The lowest BCUT2D eigenvalue weighted by Crippen LogP contribution is -2.43. The first-order chi connectivity index (χ1) is 7.90. The zero-order chi connectivity index (χ0) is 13.1. The van der Waals surface area contributed by atoms with E-state index in [1.54, 1.807) is 12.1 Å². The Morgan fingerprint density at radius 2 is 2.18 bits per heavy atom. The second-order valence-corrected chi connectivity index (χ2v) is 4.58. The second-order valence-electron chi connectivity index (χ2n) is 4.58. The summed E-state index contributed by atoms with van der Waals surface area (Å²) in [4.78, 5) is 13.1. The summed E-state index contributed by atoms with van der Waals surface area (Å²) in [6.45, 7) is 4.42. The summed E-state index contributed by atoms with van der Waals surface area (Å²) in [7, 11) is 3.20. The smallest absolute Gasteiger partial charge is 0.373 e. The van der Waals surface area contributed by atoms with Crippen LogP contribution in [0.1, 0.15) is 30.2 Å². The highest BCUT2D eigenvalue weighted by molar-refractivity contribution is 5.86. The van der Waals surface area contributed by atoms with Gasteiger partial charge in [-0.05, 0) is 33.0 Å². The van der Waals surface area contributed by atoms with Gasteiger partial charge in [0.1, 0.15) is 5.76 Å². The lowest BCUT2D eigenvalue weighted by molar-refractivity contribution is 0.0544. The summed E-state index contributed by atoms with van der Waals surface area (Å²) in [5.41, 5.74) is -0.335. The average Bonchev–Trinajstić information content (AvgIpc) is 2.76. The molecule has 0 fully saturated rings. The number of hydrogen-bond donors (Lipinski definition) is 1. The van der Waals surface area contributed by atoms with Crippen molar-refractivity contribution >= 4 is 5.97 Å². The predicted molar refractivity (Wildman–Crippen MR) is 62.7 cm³/mol. The fourth-order valence-corrected chi connectivity index (χ4v) is 1.24. The number of methoxy groups -OCH3 is 1. The third-order valence-electron chi connectivity index (χ3n) is 2.86. The molecule has 0 unspecified atom stereocenters. The number of carbonyl (C=O) groups is 1. The third-order valence-corrected chi connectivity index (χ3v) is 2.86. The maximum atomic E-state index is 11.2. The normalized spacial score (nSPS) is 11.9. The van der Waals surface area contributed by atoms with Crippen molar-refractivity contribution in [2.24, 2.45) is 0 Å². The molecule has 0 amide bonds. The number of ether oxygens (including phenoxy) is 1. The first-order valence-corrected chi connectivity index (χ1v) is 5.40. The Hall–Kier alpha value is -1.33. The summed E-state index contributed by atoms with van der Waals surface area (Å²) in [5, 5.41) is 9.23. The number of aliphatic hydroxyl groups excluding tert-OH is 1. The Morgan fingerprint density at radius 1 is 1.53 bits per heavy atom. The maximum Gasteiger partial charge on any atom is 0.373 e. The first-order valence-electron chi connectivity index (χ1n) is 5.40. The van der Waals surface area contributed by atoms with Crippen molar-refractivity contribution in [2.75, 3.05) is 20.8 Å². The number of hydrogen-bond acceptors (Lipinski definition) is 5. The quantitative estimate of drug-likeness (QED) is 0.786. The molecule has 17 heavy (non-hydrogen) atoms. The first kappa shape index (κ1) is 13.7. The number of likely N-dealkylation sites (N-methyl/N-ethyl adjacent to an activating group) is 1. The SMILES string of the molecule is COC(=O)c1ccc(CN(C)C(C)(C)CO)o1. The molecule has 0 aliphatic carbocycles. The largest absolute Gasteiger partial charge is 0.463 e. The number of esters is 1. The predicted octanol–water partition coefficient (Wildman–Crippen LogP) is 1.27. The van der Waals surface area contributed by atoms with Gasteiger partial charge in [-0.1, -0.05) is 0 Å². The Labute approximate surface area is 101 Å². The van der Waals surface area contributed by atoms with Crippen molar-refractivity contribution in [1.82, 2.24) is 4.90 Å². The molecule has 0 saturated carbocycles. The lowest BCUT2D eigenvalue weighted by atomic mass is 10.1. The van der Waals surface area contributed by atoms with Gasteiger partial charge in [0.2, 0.25) is 5.76 Å². The molecule has 0 saturated heterocycles. The molecule has 1 rings (SSSR count). The minimum atomic E-state index is -0.486. The fraction of sp³-hybridized carbons (Fsp3) is 0.583. The van der Waals surface area contributed by atoms with Crippen LogP contribution in [0, 0.1) is 0 Å². The van der Waals surface area contributed by atoms with E-state index in [0.29, 0.717) is 12.3 Å². The summed E-state index contributed by atoms with van der Waals surface area (Å²) >= 11 is 0. The third kappa shape index (κ3) is 3.31. The van der Waals surface area contributed by atoms with Crippen LogP contribution in [-0.4, -0.2) is 42.3 Å². The van der Waals surface area contributed by atoms with Crippen LogP contribution in [0.15, 0.2) is 16.5 Å². The molecule has 5 heteroatoms. The highest BCUT2D eigenvalue weighted by atomic mass is 16.5. The van der Waals surface area contributed by atoms with E-state index in [2.05, 4.69) is 4.74 Å². The van der Waals surface area contributed by atoms with Crippen LogP contribution in [0.3, 0.4) is 0 Å². The molecule has 0 atom stereocenters. The van der Waals surface area contributed by atoms with Crippen LogP contribution < -0.4 is 0 Å². The number of furan rings is 1. The Morgan fingerprint density at radius 3 is 2.71 bits per heavy atom. The van der Waals surface area contributed by atoms with E-state index in [0.717, 1.165) is 0 Å². The van der Waals surface area contributed by atoms with Crippen LogP contribution >= 0.6 is 0 Å².